The van der Waals surface area contributed by atoms with Gasteiger partial charge in [0, 0.05) is 42.4 Å². The first-order valence-corrected chi connectivity index (χ1v) is 8.92. The molecule has 2 fully saturated rings. The maximum atomic E-state index is 4.76. The zero-order chi connectivity index (χ0) is 14.4. The second-order valence-corrected chi connectivity index (χ2v) is 7.86. The molecule has 114 valence electrons. The molecule has 0 radical (unpaired) electrons. The number of fused-ring (bicyclic) bond motifs is 1. The standard InChI is InChI=1S/C16H24N4S/c1-12-5-6-17-16(2,13-3-4-13)11-20(12)10-14-9-19-7-8-21-15(19)18-14/h7-9,12-13,17H,3-6,10-11H2,1-2H3. The topological polar surface area (TPSA) is 32.6 Å². The van der Waals surface area contributed by atoms with E-state index >= 15 is 0 Å². The molecule has 2 unspecified atom stereocenters. The normalized spacial score (nSPS) is 31.6. The van der Waals surface area contributed by atoms with Crippen molar-refractivity contribution >= 4 is 16.3 Å². The summed E-state index contributed by atoms with van der Waals surface area (Å²) in [6.45, 7) is 8.03. The minimum Gasteiger partial charge on any atom is -0.310 e. The fourth-order valence-electron chi connectivity index (χ4n) is 3.65. The van der Waals surface area contributed by atoms with E-state index in [1.54, 1.807) is 11.3 Å². The molecular formula is C16H24N4S. The SMILES string of the molecule is CC1CCNC(C)(C2CC2)CN1Cc1cn2ccsc2n1. The third kappa shape index (κ3) is 2.62. The molecule has 4 rings (SSSR count). The monoisotopic (exact) mass is 304 g/mol. The molecule has 0 amide bonds. The van der Waals surface area contributed by atoms with E-state index in [0.717, 1.165) is 30.5 Å². The molecule has 1 saturated carbocycles. The lowest BCUT2D eigenvalue weighted by Gasteiger charge is -2.35. The fourth-order valence-corrected chi connectivity index (χ4v) is 4.37. The highest BCUT2D eigenvalue weighted by molar-refractivity contribution is 7.15. The first kappa shape index (κ1) is 13.7. The molecule has 0 spiro atoms. The van der Waals surface area contributed by atoms with Crippen molar-refractivity contribution in [3.63, 3.8) is 0 Å². The summed E-state index contributed by atoms with van der Waals surface area (Å²) < 4.78 is 2.14. The molecule has 2 aliphatic rings. The van der Waals surface area contributed by atoms with Crippen LogP contribution in [0.5, 0.6) is 0 Å². The predicted octanol–water partition coefficient (Wildman–Crippen LogP) is 2.75. The summed E-state index contributed by atoms with van der Waals surface area (Å²) in [5.41, 5.74) is 1.50. The van der Waals surface area contributed by atoms with Gasteiger partial charge in [-0.1, -0.05) is 0 Å². The van der Waals surface area contributed by atoms with E-state index in [0.29, 0.717) is 11.6 Å². The quantitative estimate of drug-likeness (QED) is 0.946. The zero-order valence-corrected chi connectivity index (χ0v) is 13.7. The van der Waals surface area contributed by atoms with Gasteiger partial charge in [0.2, 0.25) is 0 Å². The van der Waals surface area contributed by atoms with Gasteiger partial charge < -0.3 is 5.32 Å². The van der Waals surface area contributed by atoms with Crippen molar-refractivity contribution < 1.29 is 0 Å². The van der Waals surface area contributed by atoms with E-state index < -0.39 is 0 Å². The predicted molar refractivity (Wildman–Crippen MR) is 86.7 cm³/mol. The Kier molecular flexibility index (Phi) is 3.32. The van der Waals surface area contributed by atoms with E-state index in [4.69, 9.17) is 4.98 Å². The fraction of sp³-hybridized carbons (Fsp3) is 0.688. The molecule has 4 nitrogen and oxygen atoms in total. The van der Waals surface area contributed by atoms with E-state index in [-0.39, 0.29) is 0 Å². The van der Waals surface area contributed by atoms with Gasteiger partial charge in [-0.3, -0.25) is 9.30 Å². The molecule has 2 aromatic rings. The van der Waals surface area contributed by atoms with Crippen molar-refractivity contribution in [3.8, 4) is 0 Å². The molecule has 1 aliphatic heterocycles. The average Bonchev–Trinajstić information content (AvgIpc) is 3.13. The van der Waals surface area contributed by atoms with Crippen molar-refractivity contribution in [2.75, 3.05) is 13.1 Å². The summed E-state index contributed by atoms with van der Waals surface area (Å²) >= 11 is 1.71. The summed E-state index contributed by atoms with van der Waals surface area (Å²) in [6, 6.07) is 0.623. The highest BCUT2D eigenvalue weighted by atomic mass is 32.1. The zero-order valence-electron chi connectivity index (χ0n) is 12.9. The molecule has 1 aliphatic carbocycles. The Morgan fingerprint density at radius 3 is 3.05 bits per heavy atom. The molecule has 5 heteroatoms. The Hall–Kier alpha value is -0.910. The highest BCUT2D eigenvalue weighted by Gasteiger charge is 2.43. The van der Waals surface area contributed by atoms with Gasteiger partial charge in [0.1, 0.15) is 0 Å². The van der Waals surface area contributed by atoms with Crippen LogP contribution in [0.1, 0.15) is 38.8 Å². The highest BCUT2D eigenvalue weighted by Crippen LogP contribution is 2.41. The molecule has 0 bridgehead atoms. The van der Waals surface area contributed by atoms with Crippen molar-refractivity contribution in [1.29, 1.82) is 0 Å². The molecule has 2 atom stereocenters. The van der Waals surface area contributed by atoms with Gasteiger partial charge in [-0.15, -0.1) is 11.3 Å². The lowest BCUT2D eigenvalue weighted by Crippen LogP contribution is -2.51. The third-order valence-electron chi connectivity index (χ3n) is 5.23. The van der Waals surface area contributed by atoms with Gasteiger partial charge in [0.05, 0.1) is 5.69 Å². The molecule has 2 aromatic heterocycles. The molecular weight excluding hydrogens is 280 g/mol. The summed E-state index contributed by atoms with van der Waals surface area (Å²) in [6.07, 6.45) is 8.30. The van der Waals surface area contributed by atoms with Gasteiger partial charge in [0.15, 0.2) is 4.96 Å². The maximum absolute atomic E-state index is 4.76. The number of rotatable bonds is 3. The van der Waals surface area contributed by atoms with E-state index in [1.807, 2.05) is 0 Å². The van der Waals surface area contributed by atoms with Crippen LogP contribution < -0.4 is 5.32 Å². The van der Waals surface area contributed by atoms with Gasteiger partial charge in [-0.05, 0) is 45.6 Å². The van der Waals surface area contributed by atoms with Crippen LogP contribution in [-0.2, 0) is 6.54 Å². The summed E-state index contributed by atoms with van der Waals surface area (Å²) in [5.74, 6) is 0.871. The van der Waals surface area contributed by atoms with Gasteiger partial charge in [-0.2, -0.15) is 0 Å². The first-order chi connectivity index (χ1) is 10.1. The number of hydrogen-bond acceptors (Lipinski definition) is 4. The molecule has 0 aromatic carbocycles. The maximum Gasteiger partial charge on any atom is 0.193 e. The van der Waals surface area contributed by atoms with Crippen LogP contribution in [0.15, 0.2) is 17.8 Å². The van der Waals surface area contributed by atoms with Crippen molar-refractivity contribution in [1.82, 2.24) is 19.6 Å². The van der Waals surface area contributed by atoms with Gasteiger partial charge >= 0.3 is 0 Å². The van der Waals surface area contributed by atoms with Crippen LogP contribution in [-0.4, -0.2) is 39.0 Å². The molecule has 1 saturated heterocycles. The first-order valence-electron chi connectivity index (χ1n) is 8.04. The largest absolute Gasteiger partial charge is 0.310 e. The smallest absolute Gasteiger partial charge is 0.193 e. The van der Waals surface area contributed by atoms with Crippen LogP contribution >= 0.6 is 11.3 Å². The summed E-state index contributed by atoms with van der Waals surface area (Å²) in [4.78, 5) is 8.50. The number of aromatic nitrogens is 2. The van der Waals surface area contributed by atoms with Crippen LogP contribution in [0.2, 0.25) is 0 Å². The number of nitrogens with one attached hydrogen (secondary N) is 1. The Balaban J connectivity index is 1.54. The number of hydrogen-bond donors (Lipinski definition) is 1. The van der Waals surface area contributed by atoms with Crippen molar-refractivity contribution in [2.45, 2.75) is 51.2 Å². The van der Waals surface area contributed by atoms with Crippen LogP contribution in [0.3, 0.4) is 0 Å². The molecule has 1 N–H and O–H groups in total. The average molecular weight is 304 g/mol. The lowest BCUT2D eigenvalue weighted by molar-refractivity contribution is 0.153. The van der Waals surface area contributed by atoms with Crippen LogP contribution in [0.25, 0.3) is 4.96 Å². The molecule has 3 heterocycles. The Labute approximate surface area is 130 Å². The summed E-state index contributed by atoms with van der Waals surface area (Å²) in [7, 11) is 0. The van der Waals surface area contributed by atoms with E-state index in [9.17, 15) is 0 Å². The van der Waals surface area contributed by atoms with E-state index in [1.165, 1.54) is 25.0 Å². The molecule has 21 heavy (non-hydrogen) atoms. The second kappa shape index (κ2) is 5.07. The number of imidazole rings is 1. The minimum absolute atomic E-state index is 0.294. The number of nitrogens with zero attached hydrogens (tertiary/aromatic N) is 3. The second-order valence-electron chi connectivity index (χ2n) is 6.99. The van der Waals surface area contributed by atoms with Gasteiger partial charge in [-0.25, -0.2) is 4.98 Å². The van der Waals surface area contributed by atoms with Crippen molar-refractivity contribution in [3.05, 3.63) is 23.5 Å². The van der Waals surface area contributed by atoms with Crippen LogP contribution in [0.4, 0.5) is 0 Å². The van der Waals surface area contributed by atoms with E-state index in [2.05, 4.69) is 46.2 Å². The van der Waals surface area contributed by atoms with Crippen LogP contribution in [0, 0.1) is 5.92 Å². The minimum atomic E-state index is 0.294. The summed E-state index contributed by atoms with van der Waals surface area (Å²) in [5, 5.41) is 5.91. The number of thiazole rings is 1. The Morgan fingerprint density at radius 2 is 2.29 bits per heavy atom. The van der Waals surface area contributed by atoms with Crippen molar-refractivity contribution in [2.24, 2.45) is 5.92 Å². The Bertz CT molecular complexity index is 601. The van der Waals surface area contributed by atoms with Gasteiger partial charge in [0.25, 0.3) is 0 Å². The third-order valence-corrected chi connectivity index (χ3v) is 6.00. The lowest BCUT2D eigenvalue weighted by atomic mass is 9.95. The Morgan fingerprint density at radius 1 is 1.43 bits per heavy atom.